The van der Waals surface area contributed by atoms with Gasteiger partial charge in [-0.15, -0.1) is 21.5 Å². The summed E-state index contributed by atoms with van der Waals surface area (Å²) in [6.07, 6.45) is 0.447. The number of halogens is 1. The summed E-state index contributed by atoms with van der Waals surface area (Å²) in [6, 6.07) is 14.8. The van der Waals surface area contributed by atoms with Crippen LogP contribution in [0.3, 0.4) is 0 Å². The number of thiophene rings is 1. The summed E-state index contributed by atoms with van der Waals surface area (Å²) in [5, 5.41) is 14.8. The van der Waals surface area contributed by atoms with Crippen molar-refractivity contribution < 1.29 is 23.4 Å². The van der Waals surface area contributed by atoms with Crippen LogP contribution in [0.1, 0.15) is 26.3 Å². The zero-order chi connectivity index (χ0) is 29.2. The molecule has 11 heteroatoms. The highest BCUT2D eigenvalue weighted by Crippen LogP contribution is 2.39. The van der Waals surface area contributed by atoms with E-state index >= 15 is 0 Å². The maximum absolute atomic E-state index is 14.2. The highest BCUT2D eigenvalue weighted by Gasteiger charge is 2.18. The molecular formula is C30H35FN4O4S2. The minimum Gasteiger partial charge on any atom is -0.490 e. The Morgan fingerprint density at radius 1 is 1.05 bits per heavy atom. The lowest BCUT2D eigenvalue weighted by molar-refractivity contribution is 0.0489. The molecule has 218 valence electrons. The summed E-state index contributed by atoms with van der Waals surface area (Å²) in [5.74, 6) is 0.924. The Labute approximate surface area is 248 Å². The van der Waals surface area contributed by atoms with E-state index in [4.69, 9.17) is 14.2 Å². The summed E-state index contributed by atoms with van der Waals surface area (Å²) in [4.78, 5) is 11.7. The van der Waals surface area contributed by atoms with Crippen molar-refractivity contribution in [1.82, 2.24) is 20.2 Å². The summed E-state index contributed by atoms with van der Waals surface area (Å²) in [6.45, 7) is 6.45. The normalized spacial score (nSPS) is 11.5. The fourth-order valence-electron chi connectivity index (χ4n) is 4.08. The number of carbonyl (C=O) groups excluding carboxylic acids is 1. The van der Waals surface area contributed by atoms with E-state index in [-0.39, 0.29) is 19.8 Å². The summed E-state index contributed by atoms with van der Waals surface area (Å²) in [7, 11) is 1.92. The molecular weight excluding hydrogens is 563 g/mol. The number of benzene rings is 2. The number of carbonyl (C=O) groups is 1. The zero-order valence-corrected chi connectivity index (χ0v) is 25.3. The van der Waals surface area contributed by atoms with Crippen LogP contribution in [0.15, 0.2) is 53.9 Å². The van der Waals surface area contributed by atoms with Gasteiger partial charge < -0.3 is 19.5 Å². The number of nitrogens with one attached hydrogen (secondary N) is 2. The van der Waals surface area contributed by atoms with Crippen molar-refractivity contribution in [3.05, 3.63) is 65.3 Å². The minimum atomic E-state index is -0.558. The molecule has 0 saturated carbocycles. The first-order valence-electron chi connectivity index (χ1n) is 13.3. The number of nitrogens with zero attached hydrogens (tertiary/aromatic N) is 2. The van der Waals surface area contributed by atoms with Gasteiger partial charge in [-0.2, -0.15) is 0 Å². The maximum Gasteiger partial charge on any atom is 0.407 e. The molecule has 4 aromatic rings. The molecule has 41 heavy (non-hydrogen) atoms. The first kappa shape index (κ1) is 30.7. The first-order valence-corrected chi connectivity index (χ1v) is 15.2. The van der Waals surface area contributed by atoms with Crippen LogP contribution in [0.2, 0.25) is 0 Å². The third-order valence-electron chi connectivity index (χ3n) is 5.82. The van der Waals surface area contributed by atoms with E-state index < -0.39 is 17.5 Å². The second-order valence-electron chi connectivity index (χ2n) is 10.1. The second-order valence-corrected chi connectivity index (χ2v) is 12.1. The maximum atomic E-state index is 14.2. The van der Waals surface area contributed by atoms with Crippen LogP contribution in [0.4, 0.5) is 9.18 Å². The minimum absolute atomic E-state index is 0.195. The highest BCUT2D eigenvalue weighted by molar-refractivity contribution is 7.97. The number of hydrogen-bond acceptors (Lipinski definition) is 9. The Kier molecular flexibility index (Phi) is 10.9. The average molecular weight is 599 g/mol. The number of fused-ring (bicyclic) bond motifs is 1. The number of alkyl carbamates (subject to hydrolysis) is 1. The SMILES string of the molecule is CNSCCc1cccc(-c2nnc(-c3ccc(F)cc3OCCOCCNC(=O)OC(C)(C)C)c3sccc23)c1. The van der Waals surface area contributed by atoms with Crippen LogP contribution in [-0.2, 0) is 15.9 Å². The summed E-state index contributed by atoms with van der Waals surface area (Å²) < 4.78 is 34.9. The van der Waals surface area contributed by atoms with E-state index in [0.29, 0.717) is 23.6 Å². The number of amides is 1. The third-order valence-corrected chi connectivity index (χ3v) is 7.44. The molecule has 0 aliphatic carbocycles. The van der Waals surface area contributed by atoms with E-state index in [9.17, 15) is 9.18 Å². The first-order chi connectivity index (χ1) is 19.7. The smallest absolute Gasteiger partial charge is 0.407 e. The molecule has 4 rings (SSSR count). The Morgan fingerprint density at radius 2 is 1.88 bits per heavy atom. The van der Waals surface area contributed by atoms with Crippen LogP contribution in [-0.4, -0.2) is 61.1 Å². The van der Waals surface area contributed by atoms with Crippen molar-refractivity contribution in [1.29, 1.82) is 0 Å². The third kappa shape index (κ3) is 8.87. The van der Waals surface area contributed by atoms with Crippen molar-refractivity contribution in [2.24, 2.45) is 0 Å². The molecule has 2 aromatic heterocycles. The van der Waals surface area contributed by atoms with Gasteiger partial charge >= 0.3 is 6.09 Å². The topological polar surface area (TPSA) is 94.6 Å². The largest absolute Gasteiger partial charge is 0.490 e. The summed E-state index contributed by atoms with van der Waals surface area (Å²) >= 11 is 3.24. The molecule has 0 atom stereocenters. The Hall–Kier alpha value is -3.25. The van der Waals surface area contributed by atoms with Crippen LogP contribution >= 0.6 is 23.3 Å². The molecule has 1 amide bonds. The predicted molar refractivity (Wildman–Crippen MR) is 164 cm³/mol. The second kappa shape index (κ2) is 14.6. The van der Waals surface area contributed by atoms with Gasteiger partial charge in [-0.25, -0.2) is 9.18 Å². The molecule has 0 aliphatic rings. The van der Waals surface area contributed by atoms with Crippen molar-refractivity contribution in [2.75, 3.05) is 39.2 Å². The van der Waals surface area contributed by atoms with Gasteiger partial charge in [0.1, 0.15) is 35.2 Å². The van der Waals surface area contributed by atoms with Gasteiger partial charge in [0.25, 0.3) is 0 Å². The molecule has 0 bridgehead atoms. The molecule has 2 aromatic carbocycles. The predicted octanol–water partition coefficient (Wildman–Crippen LogP) is 6.49. The molecule has 0 radical (unpaired) electrons. The average Bonchev–Trinajstić information content (AvgIpc) is 3.42. The lowest BCUT2D eigenvalue weighted by Crippen LogP contribution is -2.34. The molecule has 0 fully saturated rings. The van der Waals surface area contributed by atoms with Gasteiger partial charge in [0.15, 0.2) is 0 Å². The summed E-state index contributed by atoms with van der Waals surface area (Å²) in [5.41, 5.74) is 3.79. The van der Waals surface area contributed by atoms with Gasteiger partial charge in [0.05, 0.1) is 17.9 Å². The fourth-order valence-corrected chi connectivity index (χ4v) is 5.51. The van der Waals surface area contributed by atoms with E-state index in [0.717, 1.165) is 33.5 Å². The van der Waals surface area contributed by atoms with Crippen LogP contribution < -0.4 is 14.8 Å². The van der Waals surface area contributed by atoms with Gasteiger partial charge in [-0.1, -0.05) is 30.1 Å². The molecule has 0 spiro atoms. The fraction of sp³-hybridized carbons (Fsp3) is 0.367. The van der Waals surface area contributed by atoms with Crippen LogP contribution in [0.25, 0.3) is 32.6 Å². The Balaban J connectivity index is 1.43. The van der Waals surface area contributed by atoms with E-state index in [2.05, 4.69) is 32.4 Å². The number of aryl methyl sites for hydroxylation is 1. The lowest BCUT2D eigenvalue weighted by Gasteiger charge is -2.19. The van der Waals surface area contributed by atoms with Crippen LogP contribution in [0.5, 0.6) is 5.75 Å². The molecule has 2 heterocycles. The van der Waals surface area contributed by atoms with Gasteiger partial charge in [0, 0.05) is 34.9 Å². The molecule has 0 aliphatic heterocycles. The highest BCUT2D eigenvalue weighted by atomic mass is 32.2. The van der Waals surface area contributed by atoms with Crippen LogP contribution in [0, 0.1) is 5.82 Å². The number of rotatable bonds is 13. The monoisotopic (exact) mass is 598 g/mol. The van der Waals surface area contributed by atoms with Gasteiger partial charge in [-0.3, -0.25) is 4.72 Å². The Bertz CT molecular complexity index is 1460. The number of ether oxygens (including phenoxy) is 3. The quantitative estimate of drug-likeness (QED) is 0.133. The Morgan fingerprint density at radius 3 is 2.68 bits per heavy atom. The van der Waals surface area contributed by atoms with Crippen molar-refractivity contribution in [2.45, 2.75) is 32.8 Å². The van der Waals surface area contributed by atoms with Crippen molar-refractivity contribution in [3.8, 4) is 28.3 Å². The molecule has 8 nitrogen and oxygen atoms in total. The van der Waals surface area contributed by atoms with E-state index in [1.165, 1.54) is 17.7 Å². The van der Waals surface area contributed by atoms with Gasteiger partial charge in [-0.05, 0) is 69.4 Å². The van der Waals surface area contributed by atoms with E-state index in [1.807, 2.05) is 30.6 Å². The molecule has 0 unspecified atom stereocenters. The van der Waals surface area contributed by atoms with Crippen molar-refractivity contribution >= 4 is 39.5 Å². The lowest BCUT2D eigenvalue weighted by atomic mass is 10.0. The molecule has 2 N–H and O–H groups in total. The van der Waals surface area contributed by atoms with Gasteiger partial charge in [0.2, 0.25) is 0 Å². The number of hydrogen-bond donors (Lipinski definition) is 2. The zero-order valence-electron chi connectivity index (χ0n) is 23.7. The van der Waals surface area contributed by atoms with E-state index in [1.54, 1.807) is 50.1 Å². The molecule has 0 saturated heterocycles. The standard InChI is InChI=1S/C30H35FN4O4S2/c1-30(2,3)39-29(36)33-12-13-37-14-15-38-25-19-22(31)8-9-23(25)27-28-24(11-16-40-28)26(34-35-27)21-7-5-6-20(18-21)10-17-41-32-4/h5-9,11,16,18-19,32H,10,12-15,17H2,1-4H3,(H,33,36). The number of aromatic nitrogens is 2. The van der Waals surface area contributed by atoms with Crippen molar-refractivity contribution in [3.63, 3.8) is 0 Å².